The van der Waals surface area contributed by atoms with Crippen LogP contribution >= 0.6 is 0 Å². The third kappa shape index (κ3) is 3.25. The van der Waals surface area contributed by atoms with Crippen LogP contribution in [0.3, 0.4) is 0 Å². The summed E-state index contributed by atoms with van der Waals surface area (Å²) in [6.45, 7) is 1.95. The van der Waals surface area contributed by atoms with Gasteiger partial charge in [-0.2, -0.15) is 5.10 Å². The highest BCUT2D eigenvalue weighted by atomic mass is 16.5. The maximum absolute atomic E-state index is 12.7. The van der Waals surface area contributed by atoms with Gasteiger partial charge in [-0.25, -0.2) is 0 Å². The van der Waals surface area contributed by atoms with Crippen molar-refractivity contribution in [2.75, 3.05) is 0 Å². The van der Waals surface area contributed by atoms with E-state index in [0.717, 1.165) is 27.4 Å². The molecule has 29 heavy (non-hydrogen) atoms. The molecular weight excluding hydrogens is 364 g/mol. The Bertz CT molecular complexity index is 1340. The topological polar surface area (TPSA) is 83.8 Å². The molecule has 2 N–H and O–H groups in total. The van der Waals surface area contributed by atoms with Crippen molar-refractivity contribution in [2.24, 2.45) is 0 Å². The highest BCUT2D eigenvalue weighted by molar-refractivity contribution is 5.94. The van der Waals surface area contributed by atoms with Gasteiger partial charge in [0.05, 0.1) is 17.8 Å². The summed E-state index contributed by atoms with van der Waals surface area (Å²) < 4.78 is 5.40. The normalized spacial score (nSPS) is 12.3. The van der Waals surface area contributed by atoms with E-state index in [0.29, 0.717) is 5.76 Å². The number of nitrogens with one attached hydrogen (secondary N) is 2. The van der Waals surface area contributed by atoms with Crippen LogP contribution in [0.4, 0.5) is 0 Å². The van der Waals surface area contributed by atoms with Gasteiger partial charge in [-0.05, 0) is 47.5 Å². The second-order valence-electron chi connectivity index (χ2n) is 7.05. The maximum Gasteiger partial charge on any atom is 0.273 e. The van der Waals surface area contributed by atoms with E-state index >= 15 is 0 Å². The summed E-state index contributed by atoms with van der Waals surface area (Å²) >= 11 is 0. The minimum Gasteiger partial charge on any atom is -0.355 e. The lowest BCUT2D eigenvalue weighted by atomic mass is 10.0. The Labute approximate surface area is 166 Å². The molecule has 0 fully saturated rings. The van der Waals surface area contributed by atoms with Gasteiger partial charge in [-0.3, -0.25) is 9.89 Å². The maximum atomic E-state index is 12.7. The molecule has 0 radical (unpaired) electrons. The van der Waals surface area contributed by atoms with E-state index in [1.807, 2.05) is 43.3 Å². The van der Waals surface area contributed by atoms with Crippen LogP contribution in [-0.2, 0) is 0 Å². The number of amides is 1. The van der Waals surface area contributed by atoms with Crippen LogP contribution in [0.15, 0.2) is 77.4 Å². The zero-order valence-corrected chi connectivity index (χ0v) is 15.7. The predicted molar refractivity (Wildman–Crippen MR) is 111 cm³/mol. The average Bonchev–Trinajstić information content (AvgIpc) is 3.42. The number of benzene rings is 3. The van der Waals surface area contributed by atoms with Gasteiger partial charge in [0.25, 0.3) is 5.91 Å². The number of fused-ring (bicyclic) bond motifs is 2. The van der Waals surface area contributed by atoms with Crippen LogP contribution in [0.25, 0.3) is 33.0 Å². The van der Waals surface area contributed by atoms with Crippen LogP contribution in [0.5, 0.6) is 0 Å². The molecule has 142 valence electrons. The smallest absolute Gasteiger partial charge is 0.273 e. The number of nitrogens with zero attached hydrogens (tertiary/aromatic N) is 2. The highest BCUT2D eigenvalue weighted by Gasteiger charge is 2.17. The number of aromatic amines is 1. The molecule has 5 aromatic rings. The first-order chi connectivity index (χ1) is 14.2. The molecule has 6 heteroatoms. The monoisotopic (exact) mass is 382 g/mol. The Morgan fingerprint density at radius 2 is 1.86 bits per heavy atom. The molecule has 0 aliphatic heterocycles. The quantitative estimate of drug-likeness (QED) is 0.465. The number of carbonyl (C=O) groups is 1. The summed E-state index contributed by atoms with van der Waals surface area (Å²) in [6, 6.07) is 21.6. The Kier molecular flexibility index (Phi) is 4.09. The van der Waals surface area contributed by atoms with Crippen molar-refractivity contribution in [2.45, 2.75) is 13.0 Å². The molecule has 3 aromatic carbocycles. The fraction of sp³-hybridized carbons (Fsp3) is 0.0870. The van der Waals surface area contributed by atoms with Crippen LogP contribution < -0.4 is 5.32 Å². The van der Waals surface area contributed by atoms with E-state index in [9.17, 15) is 4.79 Å². The van der Waals surface area contributed by atoms with E-state index in [1.165, 1.54) is 5.39 Å². The standard InChI is InChI=1S/C23H18N4O2/c1-14(16-7-6-15-4-2-3-5-17(15)10-16)25-23(28)21-12-22(29-27-21)18-8-9-20-19(11-18)13-24-26-20/h2-14H,1H3,(H,24,26)(H,25,28)/t14-/m0/s1. The molecule has 2 heterocycles. The molecule has 0 bridgehead atoms. The molecule has 0 spiro atoms. The van der Waals surface area contributed by atoms with Gasteiger partial charge >= 0.3 is 0 Å². The summed E-state index contributed by atoms with van der Waals surface area (Å²) in [5.41, 5.74) is 3.06. The zero-order valence-electron chi connectivity index (χ0n) is 15.7. The molecule has 1 atom stereocenters. The van der Waals surface area contributed by atoms with Gasteiger partial charge in [-0.1, -0.05) is 41.6 Å². The molecule has 0 aliphatic carbocycles. The van der Waals surface area contributed by atoms with Crippen LogP contribution in [0, 0.1) is 0 Å². The molecule has 0 aliphatic rings. The van der Waals surface area contributed by atoms with E-state index in [-0.39, 0.29) is 17.6 Å². The minimum atomic E-state index is -0.273. The van der Waals surface area contributed by atoms with Crippen LogP contribution in [-0.4, -0.2) is 21.3 Å². The Hall–Kier alpha value is -3.93. The lowest BCUT2D eigenvalue weighted by Crippen LogP contribution is -2.26. The highest BCUT2D eigenvalue weighted by Crippen LogP contribution is 2.25. The molecule has 6 nitrogen and oxygen atoms in total. The molecule has 0 saturated heterocycles. The van der Waals surface area contributed by atoms with E-state index in [2.05, 4.69) is 44.9 Å². The summed E-state index contributed by atoms with van der Waals surface area (Å²) in [5.74, 6) is 0.265. The second-order valence-corrected chi connectivity index (χ2v) is 7.05. The first-order valence-corrected chi connectivity index (χ1v) is 9.37. The number of carbonyl (C=O) groups excluding carboxylic acids is 1. The predicted octanol–water partition coefficient (Wildman–Crippen LogP) is 4.86. The van der Waals surface area contributed by atoms with Gasteiger partial charge in [0.1, 0.15) is 0 Å². The summed E-state index contributed by atoms with van der Waals surface area (Å²) in [6.07, 6.45) is 1.74. The van der Waals surface area contributed by atoms with Crippen LogP contribution in [0.1, 0.15) is 29.0 Å². The fourth-order valence-electron chi connectivity index (χ4n) is 3.45. The first kappa shape index (κ1) is 17.2. The number of H-pyrrole nitrogens is 1. The van der Waals surface area contributed by atoms with E-state index < -0.39 is 0 Å². The zero-order chi connectivity index (χ0) is 19.8. The SMILES string of the molecule is C[C@H](NC(=O)c1cc(-c2ccc3[nH]ncc3c2)on1)c1ccc2ccccc2c1. The van der Waals surface area contributed by atoms with Crippen molar-refractivity contribution in [3.8, 4) is 11.3 Å². The van der Waals surface area contributed by atoms with Crippen LogP contribution in [0.2, 0.25) is 0 Å². The lowest BCUT2D eigenvalue weighted by Gasteiger charge is -2.14. The molecule has 1 amide bonds. The first-order valence-electron chi connectivity index (χ1n) is 9.37. The minimum absolute atomic E-state index is 0.158. The van der Waals surface area contributed by atoms with Gasteiger partial charge in [0, 0.05) is 17.0 Å². The largest absolute Gasteiger partial charge is 0.355 e. The van der Waals surface area contributed by atoms with Crippen molar-refractivity contribution < 1.29 is 9.32 Å². The van der Waals surface area contributed by atoms with Gasteiger partial charge in [0.15, 0.2) is 11.5 Å². The molecule has 5 rings (SSSR count). The molecule has 2 aromatic heterocycles. The third-order valence-corrected chi connectivity index (χ3v) is 5.09. The van der Waals surface area contributed by atoms with E-state index in [4.69, 9.17) is 4.52 Å². The van der Waals surface area contributed by atoms with Crippen molar-refractivity contribution >= 4 is 27.6 Å². The van der Waals surface area contributed by atoms with Crippen molar-refractivity contribution in [1.29, 1.82) is 0 Å². The number of hydrogen-bond donors (Lipinski definition) is 2. The number of aromatic nitrogens is 3. The molecule has 0 saturated carbocycles. The Balaban J connectivity index is 1.35. The lowest BCUT2D eigenvalue weighted by molar-refractivity contribution is 0.0931. The summed E-state index contributed by atoms with van der Waals surface area (Å²) in [5, 5.41) is 17.1. The van der Waals surface area contributed by atoms with Crippen molar-refractivity contribution in [1.82, 2.24) is 20.7 Å². The second kappa shape index (κ2) is 6.91. The van der Waals surface area contributed by atoms with Gasteiger partial charge in [0.2, 0.25) is 0 Å². The summed E-state index contributed by atoms with van der Waals surface area (Å²) in [4.78, 5) is 12.7. The third-order valence-electron chi connectivity index (χ3n) is 5.09. The van der Waals surface area contributed by atoms with E-state index in [1.54, 1.807) is 12.3 Å². The van der Waals surface area contributed by atoms with Crippen molar-refractivity contribution in [3.63, 3.8) is 0 Å². The molecular formula is C23H18N4O2. The summed E-state index contributed by atoms with van der Waals surface area (Å²) in [7, 11) is 0. The van der Waals surface area contributed by atoms with Gasteiger partial charge < -0.3 is 9.84 Å². The number of hydrogen-bond acceptors (Lipinski definition) is 4. The van der Waals surface area contributed by atoms with Crippen molar-refractivity contribution in [3.05, 3.63) is 84.2 Å². The molecule has 0 unspecified atom stereocenters. The average molecular weight is 382 g/mol. The Morgan fingerprint density at radius 1 is 1.00 bits per heavy atom. The Morgan fingerprint density at radius 3 is 2.76 bits per heavy atom. The van der Waals surface area contributed by atoms with Gasteiger partial charge in [-0.15, -0.1) is 0 Å². The number of rotatable bonds is 4. The fourth-order valence-corrected chi connectivity index (χ4v) is 3.45.